The number of hydrogen-bond acceptors (Lipinski definition) is 5. The van der Waals surface area contributed by atoms with Gasteiger partial charge < -0.3 is 14.8 Å². The Kier molecular flexibility index (Phi) is 3.83. The van der Waals surface area contributed by atoms with Crippen molar-refractivity contribution in [3.63, 3.8) is 0 Å². The summed E-state index contributed by atoms with van der Waals surface area (Å²) in [5.41, 5.74) is 0.520. The van der Waals surface area contributed by atoms with Crippen molar-refractivity contribution >= 4 is 21.8 Å². The van der Waals surface area contributed by atoms with Crippen molar-refractivity contribution in [2.24, 2.45) is 0 Å². The average molecular weight is 337 g/mol. The zero-order valence-corrected chi connectivity index (χ0v) is 13.9. The van der Waals surface area contributed by atoms with Crippen LogP contribution in [0.2, 0.25) is 0 Å². The van der Waals surface area contributed by atoms with E-state index in [1.54, 1.807) is 26.2 Å². The van der Waals surface area contributed by atoms with E-state index in [9.17, 15) is 13.2 Å². The second-order valence-corrected chi connectivity index (χ2v) is 8.38. The highest BCUT2D eigenvalue weighted by Crippen LogP contribution is 2.35. The van der Waals surface area contributed by atoms with E-state index in [1.165, 1.54) is 0 Å². The fourth-order valence-corrected chi connectivity index (χ4v) is 5.03. The molecule has 3 rings (SSSR count). The van der Waals surface area contributed by atoms with Crippen LogP contribution in [-0.4, -0.2) is 45.1 Å². The van der Waals surface area contributed by atoms with Gasteiger partial charge in [0, 0.05) is 5.56 Å². The van der Waals surface area contributed by atoms with Crippen LogP contribution in [-0.2, 0) is 14.6 Å². The fraction of sp³-hybridized carbons (Fsp3) is 0.438. The summed E-state index contributed by atoms with van der Waals surface area (Å²) in [5.74, 6) is 1.02. The van der Waals surface area contributed by atoms with Crippen molar-refractivity contribution in [1.29, 1.82) is 0 Å². The molecule has 23 heavy (non-hydrogen) atoms. The lowest BCUT2D eigenvalue weighted by atomic mass is 10.0. The van der Waals surface area contributed by atoms with Crippen LogP contribution >= 0.6 is 0 Å². The van der Waals surface area contributed by atoms with Crippen molar-refractivity contribution in [1.82, 2.24) is 5.32 Å². The highest BCUT2D eigenvalue weighted by molar-refractivity contribution is 7.91. The first-order chi connectivity index (χ1) is 10.8. The summed E-state index contributed by atoms with van der Waals surface area (Å²) < 4.78 is 34.1. The molecule has 7 heteroatoms. The molecule has 0 aliphatic carbocycles. The van der Waals surface area contributed by atoms with Crippen LogP contribution in [0, 0.1) is 0 Å². The minimum absolute atomic E-state index is 0.0235. The van der Waals surface area contributed by atoms with Gasteiger partial charge in [-0.05, 0) is 25.5 Å². The van der Waals surface area contributed by atoms with E-state index in [0.717, 1.165) is 5.56 Å². The molecular formula is C16H19NO5S. The number of benzene rings is 1. The van der Waals surface area contributed by atoms with Crippen molar-refractivity contribution in [3.8, 4) is 11.5 Å². The molecule has 2 aliphatic rings. The second-order valence-electron chi connectivity index (χ2n) is 6.19. The van der Waals surface area contributed by atoms with Crippen molar-refractivity contribution in [2.45, 2.75) is 18.9 Å². The Morgan fingerprint density at radius 1 is 1.39 bits per heavy atom. The monoisotopic (exact) mass is 337 g/mol. The Bertz CT molecular complexity index is 784. The van der Waals surface area contributed by atoms with Crippen molar-refractivity contribution in [2.75, 3.05) is 25.2 Å². The number of fused-ring (bicyclic) bond motifs is 1. The molecule has 0 aromatic heterocycles. The van der Waals surface area contributed by atoms with E-state index in [1.807, 2.05) is 12.1 Å². The number of rotatable bonds is 3. The van der Waals surface area contributed by atoms with Gasteiger partial charge in [-0.15, -0.1) is 0 Å². The number of nitrogens with one attached hydrogen (secondary N) is 1. The van der Waals surface area contributed by atoms with Gasteiger partial charge in [-0.1, -0.05) is 12.1 Å². The number of sulfone groups is 1. The van der Waals surface area contributed by atoms with Crippen LogP contribution in [0.1, 0.15) is 18.9 Å². The van der Waals surface area contributed by atoms with Crippen LogP contribution < -0.4 is 14.8 Å². The summed E-state index contributed by atoms with van der Waals surface area (Å²) in [6.07, 6.45) is 2.18. The molecule has 1 amide bonds. The Labute approximate surface area is 135 Å². The van der Waals surface area contributed by atoms with E-state index >= 15 is 0 Å². The summed E-state index contributed by atoms with van der Waals surface area (Å²) in [7, 11) is -1.51. The van der Waals surface area contributed by atoms with Gasteiger partial charge in [0.15, 0.2) is 21.3 Å². The van der Waals surface area contributed by atoms with Crippen LogP contribution in [0.5, 0.6) is 11.5 Å². The zero-order chi connectivity index (χ0) is 16.7. The number of methoxy groups -OCH3 is 1. The summed E-state index contributed by atoms with van der Waals surface area (Å²) in [6.45, 7) is 1.89. The highest BCUT2D eigenvalue weighted by Gasteiger charge is 2.40. The molecule has 1 aromatic rings. The number of carbonyl (C=O) groups excluding carboxylic acids is 1. The third kappa shape index (κ3) is 3.19. The molecule has 1 N–H and O–H groups in total. The molecule has 0 unspecified atom stereocenters. The first-order valence-corrected chi connectivity index (χ1v) is 9.17. The van der Waals surface area contributed by atoms with Crippen molar-refractivity contribution in [3.05, 3.63) is 29.3 Å². The summed E-state index contributed by atoms with van der Waals surface area (Å²) >= 11 is 0. The SMILES string of the molecule is COc1cccc2c1OCC(C(=O)N[C@]1(C)CCS(=O)(=O)C1)=C2. The van der Waals surface area contributed by atoms with Crippen LogP contribution in [0.4, 0.5) is 0 Å². The Balaban J connectivity index is 1.80. The van der Waals surface area contributed by atoms with E-state index in [0.29, 0.717) is 23.5 Å². The standard InChI is InChI=1S/C16H19NO5S/c1-16(6-7-23(19,20)10-16)17-15(18)12-8-11-4-3-5-13(21-2)14(11)22-9-12/h3-5,8H,6-7,9-10H2,1-2H3,(H,17,18)/t16-/m1/s1. The molecule has 6 nitrogen and oxygen atoms in total. The first-order valence-electron chi connectivity index (χ1n) is 7.35. The summed E-state index contributed by atoms with van der Waals surface area (Å²) in [6, 6.07) is 5.46. The van der Waals surface area contributed by atoms with Gasteiger partial charge in [0.05, 0.1) is 29.7 Å². The first kappa shape index (κ1) is 15.9. The maximum atomic E-state index is 12.4. The molecule has 0 saturated carbocycles. The largest absolute Gasteiger partial charge is 0.493 e. The van der Waals surface area contributed by atoms with E-state index in [-0.39, 0.29) is 24.0 Å². The Morgan fingerprint density at radius 3 is 2.83 bits per heavy atom. The topological polar surface area (TPSA) is 81.7 Å². The number of carbonyl (C=O) groups is 1. The molecule has 0 bridgehead atoms. The van der Waals surface area contributed by atoms with Crippen LogP contribution in [0.3, 0.4) is 0 Å². The highest BCUT2D eigenvalue weighted by atomic mass is 32.2. The quantitative estimate of drug-likeness (QED) is 0.895. The smallest absolute Gasteiger partial charge is 0.251 e. The third-order valence-corrected chi connectivity index (χ3v) is 6.04. The van der Waals surface area contributed by atoms with Gasteiger partial charge in [0.2, 0.25) is 0 Å². The van der Waals surface area contributed by atoms with Gasteiger partial charge >= 0.3 is 0 Å². The third-order valence-electron chi connectivity index (χ3n) is 4.14. The van der Waals surface area contributed by atoms with E-state index in [2.05, 4.69) is 5.32 Å². The molecule has 0 radical (unpaired) electrons. The van der Waals surface area contributed by atoms with Gasteiger partial charge in [-0.3, -0.25) is 4.79 Å². The fourth-order valence-electron chi connectivity index (χ4n) is 2.94. The van der Waals surface area contributed by atoms with E-state index < -0.39 is 15.4 Å². The predicted octanol–water partition coefficient (Wildman–Crippen LogP) is 1.16. The lowest BCUT2D eigenvalue weighted by Gasteiger charge is -2.26. The minimum Gasteiger partial charge on any atom is -0.493 e. The van der Waals surface area contributed by atoms with Crippen molar-refractivity contribution < 1.29 is 22.7 Å². The Morgan fingerprint density at radius 2 is 2.17 bits per heavy atom. The molecule has 1 aromatic carbocycles. The number of ether oxygens (including phenoxy) is 2. The molecule has 2 aliphatic heterocycles. The van der Waals surface area contributed by atoms with Gasteiger partial charge in [0.1, 0.15) is 6.61 Å². The lowest BCUT2D eigenvalue weighted by Crippen LogP contribution is -2.48. The second kappa shape index (κ2) is 5.56. The predicted molar refractivity (Wildman–Crippen MR) is 86.3 cm³/mol. The molecule has 124 valence electrons. The zero-order valence-electron chi connectivity index (χ0n) is 13.1. The number of para-hydroxylation sites is 1. The van der Waals surface area contributed by atoms with Gasteiger partial charge in [0.25, 0.3) is 5.91 Å². The lowest BCUT2D eigenvalue weighted by molar-refractivity contribution is -0.119. The van der Waals surface area contributed by atoms with Crippen LogP contribution in [0.15, 0.2) is 23.8 Å². The molecule has 0 spiro atoms. The van der Waals surface area contributed by atoms with Crippen LogP contribution in [0.25, 0.3) is 6.08 Å². The number of amides is 1. The molecular weight excluding hydrogens is 318 g/mol. The van der Waals surface area contributed by atoms with E-state index in [4.69, 9.17) is 9.47 Å². The molecule has 1 saturated heterocycles. The minimum atomic E-state index is -3.07. The van der Waals surface area contributed by atoms with Gasteiger partial charge in [-0.25, -0.2) is 8.42 Å². The molecule has 2 heterocycles. The molecule has 1 atom stereocenters. The Hall–Kier alpha value is -2.02. The number of hydrogen-bond donors (Lipinski definition) is 1. The average Bonchev–Trinajstić information content (AvgIpc) is 2.79. The normalized spacial score (nSPS) is 25.0. The summed E-state index contributed by atoms with van der Waals surface area (Å²) in [4.78, 5) is 12.4. The maximum Gasteiger partial charge on any atom is 0.251 e. The molecule has 1 fully saturated rings. The van der Waals surface area contributed by atoms with Gasteiger partial charge in [-0.2, -0.15) is 0 Å². The summed E-state index contributed by atoms with van der Waals surface area (Å²) in [5, 5.41) is 2.84. The maximum absolute atomic E-state index is 12.4.